The lowest BCUT2D eigenvalue weighted by Crippen LogP contribution is -2.00. The fourth-order valence-corrected chi connectivity index (χ4v) is 3.27. The number of aliphatic imine (C=N–C) groups is 1. The molecule has 4 nitrogen and oxygen atoms in total. The average molecular weight is 254 g/mol. The zero-order chi connectivity index (χ0) is 11.5. The van der Waals surface area contributed by atoms with Gasteiger partial charge in [-0.05, 0) is 11.6 Å². The molecule has 2 atom stereocenters. The Morgan fingerprint density at radius 2 is 2.44 bits per heavy atom. The maximum atomic E-state index is 11.8. The van der Waals surface area contributed by atoms with Gasteiger partial charge in [-0.2, -0.15) is 10.3 Å². The highest BCUT2D eigenvalue weighted by Gasteiger charge is 2.29. The summed E-state index contributed by atoms with van der Waals surface area (Å²) in [7, 11) is -1.01. The van der Waals surface area contributed by atoms with Gasteiger partial charge in [-0.25, -0.2) is 4.98 Å². The van der Waals surface area contributed by atoms with Crippen LogP contribution in [-0.4, -0.2) is 20.7 Å². The van der Waals surface area contributed by atoms with E-state index in [9.17, 15) is 4.21 Å². The van der Waals surface area contributed by atoms with Crippen molar-refractivity contribution in [3.8, 4) is 6.19 Å². The largest absolute Gasteiger partial charge is 0.259 e. The molecule has 0 bridgehead atoms. The van der Waals surface area contributed by atoms with Gasteiger partial charge in [-0.3, -0.25) is 4.21 Å². The topological polar surface area (TPSA) is 66.1 Å². The van der Waals surface area contributed by atoms with E-state index in [0.29, 0.717) is 23.0 Å². The molecule has 16 heavy (non-hydrogen) atoms. The molecule has 1 saturated heterocycles. The Morgan fingerprint density at radius 1 is 1.62 bits per heavy atom. The summed E-state index contributed by atoms with van der Waals surface area (Å²) in [6.07, 6.45) is 3.91. The van der Waals surface area contributed by atoms with Crippen molar-refractivity contribution >= 4 is 28.1 Å². The van der Waals surface area contributed by atoms with Crippen molar-refractivity contribution in [2.45, 2.75) is 11.7 Å². The highest BCUT2D eigenvalue weighted by Crippen LogP contribution is 2.30. The number of aromatic nitrogens is 1. The van der Waals surface area contributed by atoms with Crippen molar-refractivity contribution in [2.24, 2.45) is 4.99 Å². The van der Waals surface area contributed by atoms with Gasteiger partial charge in [0.25, 0.3) is 0 Å². The van der Waals surface area contributed by atoms with Crippen LogP contribution in [-0.2, 0) is 10.8 Å². The van der Waals surface area contributed by atoms with Crippen LogP contribution in [0.25, 0.3) is 0 Å². The number of halogens is 1. The zero-order valence-electron chi connectivity index (χ0n) is 8.26. The molecule has 1 aliphatic heterocycles. The molecule has 0 saturated carbocycles. The van der Waals surface area contributed by atoms with Gasteiger partial charge in [0.15, 0.2) is 0 Å². The van der Waals surface area contributed by atoms with Gasteiger partial charge >= 0.3 is 0 Å². The summed E-state index contributed by atoms with van der Waals surface area (Å²) in [5.74, 6) is 0.376. The fraction of sp³-hybridized carbons (Fsp3) is 0.300. The van der Waals surface area contributed by atoms with E-state index in [-0.39, 0.29) is 5.25 Å². The first-order valence-electron chi connectivity index (χ1n) is 4.64. The van der Waals surface area contributed by atoms with E-state index in [0.717, 1.165) is 5.56 Å². The van der Waals surface area contributed by atoms with E-state index < -0.39 is 10.8 Å². The number of nitriles is 1. The van der Waals surface area contributed by atoms with Crippen molar-refractivity contribution in [3.63, 3.8) is 0 Å². The number of pyridine rings is 1. The number of nitrogens with zero attached hydrogens (tertiary/aromatic N) is 3. The van der Waals surface area contributed by atoms with Crippen LogP contribution in [0.1, 0.15) is 17.2 Å². The molecule has 0 aliphatic carbocycles. The molecule has 2 heterocycles. The Hall–Kier alpha value is -1.25. The van der Waals surface area contributed by atoms with Gasteiger partial charge in [0.1, 0.15) is 5.15 Å². The van der Waals surface area contributed by atoms with Gasteiger partial charge in [0, 0.05) is 29.1 Å². The molecule has 1 aliphatic rings. The average Bonchev–Trinajstić information content (AvgIpc) is 2.61. The van der Waals surface area contributed by atoms with Crippen molar-refractivity contribution < 1.29 is 4.21 Å². The maximum absolute atomic E-state index is 11.8. The SMILES string of the molecule is N#CN=C1CC(c2ccc(Cl)nc2)S(=O)C1. The lowest BCUT2D eigenvalue weighted by atomic mass is 10.1. The summed E-state index contributed by atoms with van der Waals surface area (Å²) in [6, 6.07) is 3.49. The van der Waals surface area contributed by atoms with Crippen molar-refractivity contribution in [3.05, 3.63) is 29.0 Å². The van der Waals surface area contributed by atoms with Crippen LogP contribution in [0.3, 0.4) is 0 Å². The molecule has 0 N–H and O–H groups in total. The minimum absolute atomic E-state index is 0.114. The molecule has 1 aromatic heterocycles. The maximum Gasteiger partial charge on any atom is 0.205 e. The second kappa shape index (κ2) is 4.73. The van der Waals surface area contributed by atoms with Gasteiger partial charge in [0.2, 0.25) is 6.19 Å². The Kier molecular flexibility index (Phi) is 3.32. The molecular formula is C10H8ClN3OS. The number of hydrogen-bond acceptors (Lipinski definition) is 4. The Labute approximate surface area is 100 Å². The van der Waals surface area contributed by atoms with Gasteiger partial charge in [-0.15, -0.1) is 0 Å². The van der Waals surface area contributed by atoms with E-state index in [2.05, 4.69) is 9.98 Å². The Bertz CT molecular complexity index is 492. The van der Waals surface area contributed by atoms with Crippen LogP contribution in [0.15, 0.2) is 23.3 Å². The van der Waals surface area contributed by atoms with Crippen LogP contribution in [0.4, 0.5) is 0 Å². The van der Waals surface area contributed by atoms with Gasteiger partial charge < -0.3 is 0 Å². The minimum Gasteiger partial charge on any atom is -0.259 e. The Balaban J connectivity index is 2.24. The third-order valence-electron chi connectivity index (χ3n) is 2.38. The summed E-state index contributed by atoms with van der Waals surface area (Å²) in [5, 5.41) is 8.74. The monoisotopic (exact) mass is 253 g/mol. The third kappa shape index (κ3) is 2.29. The lowest BCUT2D eigenvalue weighted by molar-refractivity contribution is 0.679. The van der Waals surface area contributed by atoms with E-state index in [4.69, 9.17) is 16.9 Å². The van der Waals surface area contributed by atoms with E-state index in [1.165, 1.54) is 0 Å². The lowest BCUT2D eigenvalue weighted by Gasteiger charge is -2.06. The second-order valence-electron chi connectivity index (χ2n) is 3.41. The van der Waals surface area contributed by atoms with Crippen LogP contribution in [0.5, 0.6) is 0 Å². The van der Waals surface area contributed by atoms with Crippen LogP contribution >= 0.6 is 11.6 Å². The highest BCUT2D eigenvalue weighted by atomic mass is 35.5. The fourth-order valence-electron chi connectivity index (χ4n) is 1.63. The summed E-state index contributed by atoms with van der Waals surface area (Å²) in [6.45, 7) is 0. The van der Waals surface area contributed by atoms with Crippen molar-refractivity contribution in [1.29, 1.82) is 5.26 Å². The van der Waals surface area contributed by atoms with E-state index in [1.807, 2.05) is 6.07 Å². The molecule has 2 rings (SSSR count). The quantitative estimate of drug-likeness (QED) is 0.567. The van der Waals surface area contributed by atoms with E-state index in [1.54, 1.807) is 18.5 Å². The first kappa shape index (κ1) is 11.2. The molecule has 6 heteroatoms. The molecule has 0 spiro atoms. The van der Waals surface area contributed by atoms with E-state index >= 15 is 0 Å². The molecule has 2 unspecified atom stereocenters. The standard InChI is InChI=1S/C10H8ClN3OS/c11-10-2-1-7(4-13-10)9-3-8(14-6-12)5-16(9)15/h1-2,4,9H,3,5H2. The molecule has 0 aromatic carbocycles. The summed E-state index contributed by atoms with van der Waals surface area (Å²) >= 11 is 5.68. The predicted octanol–water partition coefficient (Wildman–Crippen LogP) is 1.85. The molecule has 0 amide bonds. The molecular weight excluding hydrogens is 246 g/mol. The summed E-state index contributed by atoms with van der Waals surface area (Å²) < 4.78 is 11.8. The van der Waals surface area contributed by atoms with Crippen LogP contribution in [0, 0.1) is 11.5 Å². The third-order valence-corrected chi connectivity index (χ3v) is 4.29. The predicted molar refractivity (Wildman–Crippen MR) is 62.7 cm³/mol. The molecule has 1 aromatic rings. The number of hydrogen-bond donors (Lipinski definition) is 0. The zero-order valence-corrected chi connectivity index (χ0v) is 9.83. The molecule has 82 valence electrons. The van der Waals surface area contributed by atoms with Gasteiger partial charge in [0.05, 0.1) is 11.0 Å². The second-order valence-corrected chi connectivity index (χ2v) is 5.42. The summed E-state index contributed by atoms with van der Waals surface area (Å²) in [5.41, 5.74) is 1.58. The first-order valence-corrected chi connectivity index (χ1v) is 6.40. The first-order chi connectivity index (χ1) is 7.70. The minimum atomic E-state index is -1.01. The van der Waals surface area contributed by atoms with Crippen molar-refractivity contribution in [2.75, 3.05) is 5.75 Å². The van der Waals surface area contributed by atoms with Crippen molar-refractivity contribution in [1.82, 2.24) is 4.98 Å². The molecule has 0 radical (unpaired) electrons. The number of rotatable bonds is 1. The van der Waals surface area contributed by atoms with Crippen LogP contribution < -0.4 is 0 Å². The van der Waals surface area contributed by atoms with Crippen LogP contribution in [0.2, 0.25) is 5.15 Å². The highest BCUT2D eigenvalue weighted by molar-refractivity contribution is 7.86. The van der Waals surface area contributed by atoms with Gasteiger partial charge in [-0.1, -0.05) is 17.7 Å². The smallest absolute Gasteiger partial charge is 0.205 e. The molecule has 1 fully saturated rings. The normalized spacial score (nSPS) is 26.9. The summed E-state index contributed by atoms with van der Waals surface area (Å²) in [4.78, 5) is 7.61. The Morgan fingerprint density at radius 3 is 3.06 bits per heavy atom.